The normalized spacial score (nSPS) is 11.0. The number of halogens is 3. The molecule has 0 bridgehead atoms. The van der Waals surface area contributed by atoms with Crippen molar-refractivity contribution in [1.29, 1.82) is 0 Å². The third kappa shape index (κ3) is 3.94. The fourth-order valence-electron chi connectivity index (χ4n) is 1.62. The quantitative estimate of drug-likeness (QED) is 0.626. The highest BCUT2D eigenvalue weighted by molar-refractivity contribution is 6.36. The average molecular weight is 357 g/mol. The topological polar surface area (TPSA) is 67.6 Å². The molecule has 0 atom stereocenters. The van der Waals surface area contributed by atoms with Crippen LogP contribution >= 0.6 is 23.2 Å². The molecule has 0 aliphatic heterocycles. The first kappa shape index (κ1) is 17.1. The molecule has 0 N–H and O–H groups in total. The van der Waals surface area contributed by atoms with Crippen LogP contribution in [0.25, 0.3) is 0 Å². The predicted octanol–water partition coefficient (Wildman–Crippen LogP) is 2.60. The van der Waals surface area contributed by atoms with E-state index in [2.05, 4.69) is 9.98 Å². The zero-order chi connectivity index (χ0) is 17.1. The van der Waals surface area contributed by atoms with E-state index in [1.54, 1.807) is 19.0 Å². The van der Waals surface area contributed by atoms with Crippen LogP contribution in [0.2, 0.25) is 10.0 Å². The Bertz CT molecular complexity index is 849. The van der Waals surface area contributed by atoms with Gasteiger partial charge in [0.25, 0.3) is 5.91 Å². The molecule has 0 amide bonds. The number of aromatic nitrogens is 2. The van der Waals surface area contributed by atoms with Crippen LogP contribution in [0.3, 0.4) is 0 Å². The summed E-state index contributed by atoms with van der Waals surface area (Å²) < 4.78 is 14.5. The maximum Gasteiger partial charge on any atom is 0.356 e. The fourth-order valence-corrected chi connectivity index (χ4v) is 2.11. The number of nitrogens with zero attached hydrogens (tertiary/aromatic N) is 4. The van der Waals surface area contributed by atoms with Crippen LogP contribution in [0, 0.1) is 5.82 Å². The molecular weight excluding hydrogens is 346 g/mol. The van der Waals surface area contributed by atoms with Gasteiger partial charge in [-0.15, -0.1) is 0 Å². The molecule has 2 aromatic rings. The van der Waals surface area contributed by atoms with Gasteiger partial charge < -0.3 is 4.90 Å². The third-order valence-electron chi connectivity index (χ3n) is 2.65. The molecule has 1 aromatic heterocycles. The van der Waals surface area contributed by atoms with Gasteiger partial charge in [0.15, 0.2) is 11.6 Å². The molecule has 0 unspecified atom stereocenters. The van der Waals surface area contributed by atoms with Gasteiger partial charge in [-0.2, -0.15) is 4.98 Å². The lowest BCUT2D eigenvalue weighted by atomic mass is 10.2. The zero-order valence-corrected chi connectivity index (χ0v) is 13.6. The van der Waals surface area contributed by atoms with Crippen LogP contribution < -0.4 is 5.69 Å². The van der Waals surface area contributed by atoms with Gasteiger partial charge >= 0.3 is 5.69 Å². The maximum atomic E-state index is 14.0. The van der Waals surface area contributed by atoms with Gasteiger partial charge in [0, 0.05) is 19.1 Å². The number of carbonyl (C=O) groups is 1. The van der Waals surface area contributed by atoms with E-state index in [1.807, 2.05) is 0 Å². The largest absolute Gasteiger partial charge is 0.369 e. The number of aliphatic imine (C=N–C) groups is 1. The minimum atomic E-state index is -0.965. The highest BCUT2D eigenvalue weighted by Gasteiger charge is 2.17. The Labute approximate surface area is 140 Å². The van der Waals surface area contributed by atoms with Gasteiger partial charge in [0.1, 0.15) is 0 Å². The average Bonchev–Trinajstić information content (AvgIpc) is 2.47. The molecule has 23 heavy (non-hydrogen) atoms. The van der Waals surface area contributed by atoms with Crippen molar-refractivity contribution in [3.63, 3.8) is 0 Å². The van der Waals surface area contributed by atoms with Gasteiger partial charge in [-0.1, -0.05) is 23.2 Å². The summed E-state index contributed by atoms with van der Waals surface area (Å²) in [7, 11) is 3.35. The summed E-state index contributed by atoms with van der Waals surface area (Å²) >= 11 is 11.7. The van der Waals surface area contributed by atoms with Crippen molar-refractivity contribution in [2.24, 2.45) is 4.99 Å². The van der Waals surface area contributed by atoms with E-state index in [4.69, 9.17) is 23.2 Å². The van der Waals surface area contributed by atoms with E-state index in [-0.39, 0.29) is 10.6 Å². The van der Waals surface area contributed by atoms with Crippen LogP contribution in [-0.4, -0.2) is 40.8 Å². The van der Waals surface area contributed by atoms with Crippen molar-refractivity contribution in [3.05, 3.63) is 56.3 Å². The third-order valence-corrected chi connectivity index (χ3v) is 3.20. The first-order chi connectivity index (χ1) is 10.8. The van der Waals surface area contributed by atoms with Crippen molar-refractivity contribution >= 4 is 41.3 Å². The van der Waals surface area contributed by atoms with E-state index in [0.717, 1.165) is 6.20 Å². The molecule has 0 fully saturated rings. The first-order valence-electron chi connectivity index (χ1n) is 6.29. The highest BCUT2D eigenvalue weighted by Crippen LogP contribution is 2.22. The molecule has 0 aliphatic carbocycles. The van der Waals surface area contributed by atoms with Gasteiger partial charge in [0.2, 0.25) is 0 Å². The summed E-state index contributed by atoms with van der Waals surface area (Å²) in [6.07, 6.45) is 2.01. The van der Waals surface area contributed by atoms with Crippen molar-refractivity contribution in [3.8, 4) is 0 Å². The summed E-state index contributed by atoms with van der Waals surface area (Å²) in [6, 6.07) is 4.13. The molecule has 9 heteroatoms. The number of carbonyl (C=O) groups excluding carboxylic acids is 1. The fraction of sp³-hybridized carbons (Fsp3) is 0.143. The van der Waals surface area contributed by atoms with Crippen molar-refractivity contribution in [2.75, 3.05) is 14.1 Å². The van der Waals surface area contributed by atoms with Crippen LogP contribution in [-0.2, 0) is 0 Å². The van der Waals surface area contributed by atoms with E-state index >= 15 is 0 Å². The second-order valence-electron chi connectivity index (χ2n) is 4.70. The van der Waals surface area contributed by atoms with E-state index in [9.17, 15) is 14.0 Å². The summed E-state index contributed by atoms with van der Waals surface area (Å²) in [4.78, 5) is 33.0. The second kappa shape index (κ2) is 6.89. The Morgan fingerprint density at radius 1 is 1.39 bits per heavy atom. The lowest BCUT2D eigenvalue weighted by molar-refractivity contribution is 0.0953. The van der Waals surface area contributed by atoms with Crippen molar-refractivity contribution in [2.45, 2.75) is 0 Å². The first-order valence-corrected chi connectivity index (χ1v) is 7.04. The minimum Gasteiger partial charge on any atom is -0.369 e. The second-order valence-corrected chi connectivity index (χ2v) is 5.55. The molecule has 0 radical (unpaired) electrons. The highest BCUT2D eigenvalue weighted by atomic mass is 35.5. The number of hydrogen-bond donors (Lipinski definition) is 0. The summed E-state index contributed by atoms with van der Waals surface area (Å²) in [5.74, 6) is -2.14. The van der Waals surface area contributed by atoms with Crippen LogP contribution in [0.1, 0.15) is 10.4 Å². The zero-order valence-electron chi connectivity index (χ0n) is 12.1. The lowest BCUT2D eigenvalue weighted by Gasteiger charge is -2.07. The van der Waals surface area contributed by atoms with Gasteiger partial charge in [-0.25, -0.2) is 18.7 Å². The SMILES string of the molecule is CN(C)/C=N/c1nc(=O)n(C(=O)c2ccc(Cl)cc2Cl)cc1F. The summed E-state index contributed by atoms with van der Waals surface area (Å²) in [5, 5.41) is 0.376. The predicted molar refractivity (Wildman–Crippen MR) is 86.5 cm³/mol. The molecule has 2 rings (SSSR count). The van der Waals surface area contributed by atoms with Gasteiger partial charge in [-0.05, 0) is 18.2 Å². The molecule has 0 saturated carbocycles. The maximum absolute atomic E-state index is 14.0. The van der Waals surface area contributed by atoms with E-state index in [1.165, 1.54) is 24.5 Å². The smallest absolute Gasteiger partial charge is 0.356 e. The van der Waals surface area contributed by atoms with E-state index < -0.39 is 23.2 Å². The molecule has 0 aliphatic rings. The standard InChI is InChI=1S/C14H11Cl2FN4O2/c1-20(2)7-18-12-11(17)6-21(14(23)19-12)13(22)9-4-3-8(15)5-10(9)16/h3-7H,1-2H3/b18-7+. The van der Waals surface area contributed by atoms with Crippen LogP contribution in [0.15, 0.2) is 34.2 Å². The molecule has 0 spiro atoms. The molecule has 1 heterocycles. The Balaban J connectivity index is 2.46. The Kier molecular flexibility index (Phi) is 5.12. The lowest BCUT2D eigenvalue weighted by Crippen LogP contribution is -2.29. The molecule has 1 aromatic carbocycles. The number of hydrogen-bond acceptors (Lipinski definition) is 4. The Morgan fingerprint density at radius 2 is 2.09 bits per heavy atom. The number of rotatable bonds is 3. The number of benzene rings is 1. The van der Waals surface area contributed by atoms with Gasteiger partial charge in [-0.3, -0.25) is 4.79 Å². The summed E-state index contributed by atoms with van der Waals surface area (Å²) in [5.41, 5.74) is -0.961. The van der Waals surface area contributed by atoms with Crippen molar-refractivity contribution in [1.82, 2.24) is 14.5 Å². The van der Waals surface area contributed by atoms with Crippen LogP contribution in [0.4, 0.5) is 10.2 Å². The molecule has 120 valence electrons. The molecule has 0 saturated heterocycles. The minimum absolute atomic E-state index is 0.00362. The van der Waals surface area contributed by atoms with Gasteiger partial charge in [0.05, 0.1) is 23.1 Å². The summed E-state index contributed by atoms with van der Waals surface area (Å²) in [6.45, 7) is 0. The Hall–Kier alpha value is -2.25. The molecular formula is C14H11Cl2FN4O2. The van der Waals surface area contributed by atoms with Crippen molar-refractivity contribution < 1.29 is 9.18 Å². The Morgan fingerprint density at radius 3 is 2.70 bits per heavy atom. The monoisotopic (exact) mass is 356 g/mol. The molecule has 6 nitrogen and oxygen atoms in total. The van der Waals surface area contributed by atoms with E-state index in [0.29, 0.717) is 9.59 Å². The van der Waals surface area contributed by atoms with Crippen LogP contribution in [0.5, 0.6) is 0 Å².